The zero-order valence-electron chi connectivity index (χ0n) is 20.5. The van der Waals surface area contributed by atoms with Crippen molar-refractivity contribution in [3.05, 3.63) is 58.9 Å². The fourth-order valence-corrected chi connectivity index (χ4v) is 4.79. The molecule has 3 aromatic rings. The van der Waals surface area contributed by atoms with Gasteiger partial charge in [-0.15, -0.1) is 0 Å². The van der Waals surface area contributed by atoms with Crippen LogP contribution in [0.1, 0.15) is 57.3 Å². The topological polar surface area (TPSA) is 72.2 Å². The van der Waals surface area contributed by atoms with E-state index in [0.717, 1.165) is 43.9 Å². The third-order valence-electron chi connectivity index (χ3n) is 6.36. The summed E-state index contributed by atoms with van der Waals surface area (Å²) in [7, 11) is 0. The van der Waals surface area contributed by atoms with Crippen molar-refractivity contribution in [3.63, 3.8) is 0 Å². The van der Waals surface area contributed by atoms with Gasteiger partial charge in [0, 0.05) is 31.8 Å². The maximum absolute atomic E-state index is 12.9. The molecule has 1 atom stereocenters. The zero-order chi connectivity index (χ0) is 24.6. The summed E-state index contributed by atoms with van der Waals surface area (Å²) in [6.07, 6.45) is 2.68. The summed E-state index contributed by atoms with van der Waals surface area (Å²) in [4.78, 5) is 21.6. The van der Waals surface area contributed by atoms with Crippen LogP contribution in [0, 0.1) is 0 Å². The number of carbonyl (C=O) groups is 1. The lowest BCUT2D eigenvalue weighted by molar-refractivity contribution is 0.00897. The Morgan fingerprint density at radius 2 is 1.91 bits per heavy atom. The van der Waals surface area contributed by atoms with Gasteiger partial charge >= 0.3 is 6.09 Å². The van der Waals surface area contributed by atoms with Crippen molar-refractivity contribution in [1.29, 1.82) is 0 Å². The van der Waals surface area contributed by atoms with Crippen LogP contribution >= 0.6 is 11.6 Å². The maximum Gasteiger partial charge on any atom is 0.410 e. The van der Waals surface area contributed by atoms with E-state index in [9.17, 15) is 4.79 Å². The lowest BCUT2D eigenvalue weighted by atomic mass is 10.00. The molecule has 8 nitrogen and oxygen atoms in total. The number of halogens is 1. The van der Waals surface area contributed by atoms with Gasteiger partial charge in [0.2, 0.25) is 0 Å². The van der Waals surface area contributed by atoms with Gasteiger partial charge in [-0.3, -0.25) is 4.90 Å². The fourth-order valence-electron chi connectivity index (χ4n) is 4.57. The van der Waals surface area contributed by atoms with E-state index >= 15 is 0 Å². The van der Waals surface area contributed by atoms with Crippen molar-refractivity contribution in [2.75, 3.05) is 24.5 Å². The fraction of sp³-hybridized carbons (Fsp3) is 0.500. The average molecular weight is 498 g/mol. The molecule has 2 aliphatic rings. The maximum atomic E-state index is 12.9. The molecule has 9 heteroatoms. The van der Waals surface area contributed by atoms with Gasteiger partial charge < -0.3 is 14.4 Å². The van der Waals surface area contributed by atoms with E-state index in [0.29, 0.717) is 24.0 Å². The normalized spacial score (nSPS) is 19.1. The molecule has 4 heterocycles. The van der Waals surface area contributed by atoms with Crippen molar-refractivity contribution < 1.29 is 14.3 Å². The van der Waals surface area contributed by atoms with Gasteiger partial charge in [-0.2, -0.15) is 5.10 Å². The molecule has 2 aromatic heterocycles. The number of rotatable bonds is 5. The van der Waals surface area contributed by atoms with E-state index in [4.69, 9.17) is 31.2 Å². The number of nitrogens with zero attached hydrogens (tertiary/aromatic N) is 5. The summed E-state index contributed by atoms with van der Waals surface area (Å²) < 4.78 is 13.3. The van der Waals surface area contributed by atoms with Gasteiger partial charge in [0.25, 0.3) is 0 Å². The minimum absolute atomic E-state index is 0.153. The van der Waals surface area contributed by atoms with E-state index in [2.05, 4.69) is 17.0 Å². The Hall–Kier alpha value is -2.84. The minimum Gasteiger partial charge on any atom is -0.444 e. The number of benzene rings is 1. The van der Waals surface area contributed by atoms with Gasteiger partial charge in [-0.05, 0) is 45.6 Å². The molecular formula is C26H32ClN5O3. The smallest absolute Gasteiger partial charge is 0.410 e. The number of amides is 1. The zero-order valence-corrected chi connectivity index (χ0v) is 21.2. The standard InChI is InChI=1S/C26H32ClN5O3/c1-26(2,3)35-25(33)31-12-8-7-11-21(31)20-13-24-28-23(14-22(27)32(24)29-20)30-15-19(16-30)34-17-18-9-5-4-6-10-18/h4-6,9-10,13-14,19,21H,7-8,11-12,15-17H2,1-3H3/t21-/m0/s1. The molecule has 0 saturated carbocycles. The van der Waals surface area contributed by atoms with Crippen LogP contribution in [0.5, 0.6) is 0 Å². The number of anilines is 1. The number of aromatic nitrogens is 3. The SMILES string of the molecule is CC(C)(C)OC(=O)N1CCCC[C@H]1c1cc2nc(N3CC(OCc4ccccc4)C3)cc(Cl)n2n1. The van der Waals surface area contributed by atoms with Crippen LogP contribution in [0.2, 0.25) is 5.15 Å². The van der Waals surface area contributed by atoms with Crippen molar-refractivity contribution in [2.24, 2.45) is 0 Å². The quantitative estimate of drug-likeness (QED) is 0.448. The largest absolute Gasteiger partial charge is 0.444 e. The molecule has 2 saturated heterocycles. The first kappa shape index (κ1) is 23.9. The molecular weight excluding hydrogens is 466 g/mol. The van der Waals surface area contributed by atoms with Gasteiger partial charge in [-0.1, -0.05) is 41.9 Å². The third-order valence-corrected chi connectivity index (χ3v) is 6.63. The molecule has 5 rings (SSSR count). The Bertz CT molecular complexity index is 1190. The molecule has 0 unspecified atom stereocenters. The van der Waals surface area contributed by atoms with Gasteiger partial charge in [0.05, 0.1) is 24.4 Å². The lowest BCUT2D eigenvalue weighted by Crippen LogP contribution is -2.52. The van der Waals surface area contributed by atoms with E-state index in [1.807, 2.05) is 51.1 Å². The molecule has 1 amide bonds. The van der Waals surface area contributed by atoms with Crippen LogP contribution in [0.25, 0.3) is 5.65 Å². The van der Waals surface area contributed by atoms with Crippen molar-refractivity contribution >= 4 is 29.2 Å². The Balaban J connectivity index is 1.28. The second-order valence-corrected chi connectivity index (χ2v) is 10.7. The first-order valence-corrected chi connectivity index (χ1v) is 12.6. The number of hydrogen-bond acceptors (Lipinski definition) is 6. The summed E-state index contributed by atoms with van der Waals surface area (Å²) in [6.45, 7) is 8.43. The van der Waals surface area contributed by atoms with Crippen LogP contribution in [0.3, 0.4) is 0 Å². The van der Waals surface area contributed by atoms with E-state index in [-0.39, 0.29) is 18.2 Å². The second kappa shape index (κ2) is 9.66. The highest BCUT2D eigenvalue weighted by Gasteiger charge is 2.34. The van der Waals surface area contributed by atoms with Crippen LogP contribution in [0.4, 0.5) is 10.6 Å². The van der Waals surface area contributed by atoms with Gasteiger partial charge in [-0.25, -0.2) is 14.3 Å². The monoisotopic (exact) mass is 497 g/mol. The predicted molar refractivity (Wildman–Crippen MR) is 135 cm³/mol. The summed E-state index contributed by atoms with van der Waals surface area (Å²) in [5, 5.41) is 5.21. The van der Waals surface area contributed by atoms with Gasteiger partial charge in [0.15, 0.2) is 5.65 Å². The molecule has 0 spiro atoms. The third kappa shape index (κ3) is 5.38. The van der Waals surface area contributed by atoms with Crippen molar-refractivity contribution in [1.82, 2.24) is 19.5 Å². The predicted octanol–water partition coefficient (Wildman–Crippen LogP) is 5.25. The molecule has 186 valence electrons. The Morgan fingerprint density at radius 1 is 1.14 bits per heavy atom. The molecule has 2 fully saturated rings. The van der Waals surface area contributed by atoms with Crippen LogP contribution in [-0.2, 0) is 16.1 Å². The Labute approximate surface area is 210 Å². The number of likely N-dealkylation sites (tertiary alicyclic amines) is 1. The van der Waals surface area contributed by atoms with Crippen LogP contribution in [0.15, 0.2) is 42.5 Å². The molecule has 0 radical (unpaired) electrons. The van der Waals surface area contributed by atoms with Gasteiger partial charge in [0.1, 0.15) is 16.6 Å². The van der Waals surface area contributed by atoms with E-state index in [1.54, 1.807) is 9.42 Å². The van der Waals surface area contributed by atoms with Crippen LogP contribution < -0.4 is 4.90 Å². The minimum atomic E-state index is -0.544. The number of piperidine rings is 1. The van der Waals surface area contributed by atoms with Crippen molar-refractivity contribution in [3.8, 4) is 0 Å². The molecule has 0 N–H and O–H groups in total. The first-order chi connectivity index (χ1) is 16.8. The lowest BCUT2D eigenvalue weighted by Gasteiger charge is -2.39. The molecule has 0 bridgehead atoms. The Kier molecular flexibility index (Phi) is 6.59. The van der Waals surface area contributed by atoms with Crippen molar-refractivity contribution in [2.45, 2.75) is 64.4 Å². The highest BCUT2D eigenvalue weighted by Crippen LogP contribution is 2.33. The second-order valence-electron chi connectivity index (χ2n) is 10.3. The Morgan fingerprint density at radius 3 is 2.66 bits per heavy atom. The highest BCUT2D eigenvalue weighted by molar-refractivity contribution is 6.30. The number of fused-ring (bicyclic) bond motifs is 1. The molecule has 0 aliphatic carbocycles. The summed E-state index contributed by atoms with van der Waals surface area (Å²) >= 11 is 6.60. The summed E-state index contributed by atoms with van der Waals surface area (Å²) in [6, 6.07) is 13.8. The van der Waals surface area contributed by atoms with E-state index < -0.39 is 5.60 Å². The molecule has 35 heavy (non-hydrogen) atoms. The number of hydrogen-bond donors (Lipinski definition) is 0. The molecule has 1 aromatic carbocycles. The first-order valence-electron chi connectivity index (χ1n) is 12.2. The van der Waals surface area contributed by atoms with Crippen LogP contribution in [-0.4, -0.2) is 56.9 Å². The summed E-state index contributed by atoms with van der Waals surface area (Å²) in [5.41, 5.74) is 2.08. The summed E-state index contributed by atoms with van der Waals surface area (Å²) in [5.74, 6) is 0.807. The number of carbonyl (C=O) groups excluding carboxylic acids is 1. The van der Waals surface area contributed by atoms with E-state index in [1.165, 1.54) is 5.56 Å². The number of ether oxygens (including phenoxy) is 2. The average Bonchev–Trinajstić information content (AvgIpc) is 3.22. The molecule has 2 aliphatic heterocycles. The highest BCUT2D eigenvalue weighted by atomic mass is 35.5.